The number of amides is 3. The van der Waals surface area contributed by atoms with Crippen LogP contribution in [-0.4, -0.2) is 36.1 Å². The molecule has 2 fully saturated rings. The highest BCUT2D eigenvalue weighted by molar-refractivity contribution is 5.95. The van der Waals surface area contributed by atoms with Crippen LogP contribution in [0.5, 0.6) is 0 Å². The summed E-state index contributed by atoms with van der Waals surface area (Å²) in [5.74, 6) is 0.959. The molecule has 0 radical (unpaired) electrons. The third kappa shape index (κ3) is 6.22. The van der Waals surface area contributed by atoms with Crippen LogP contribution in [0.3, 0.4) is 0 Å². The highest BCUT2D eigenvalue weighted by Crippen LogP contribution is 2.19. The molecule has 2 aromatic rings. The molecule has 0 unspecified atom stereocenters. The molecule has 3 N–H and O–H groups in total. The summed E-state index contributed by atoms with van der Waals surface area (Å²) >= 11 is 0. The molecule has 2 aliphatic rings. The molecule has 1 aromatic carbocycles. The Kier molecular flexibility index (Phi) is 7.59. The van der Waals surface area contributed by atoms with Gasteiger partial charge in [0, 0.05) is 43.1 Å². The van der Waals surface area contributed by atoms with E-state index in [1.807, 2.05) is 18.3 Å². The highest BCUT2D eigenvalue weighted by Gasteiger charge is 2.18. The molecule has 1 aliphatic carbocycles. The molecule has 0 spiro atoms. The Morgan fingerprint density at radius 2 is 1.62 bits per heavy atom. The van der Waals surface area contributed by atoms with Gasteiger partial charge < -0.3 is 20.9 Å². The molecule has 0 atom stereocenters. The second-order valence-electron chi connectivity index (χ2n) is 8.77. The fourth-order valence-corrected chi connectivity index (χ4v) is 4.41. The molecule has 7 heteroatoms. The van der Waals surface area contributed by atoms with Crippen molar-refractivity contribution in [1.82, 2.24) is 15.6 Å². The zero-order valence-electron chi connectivity index (χ0n) is 18.6. The molecule has 7 nitrogen and oxygen atoms in total. The van der Waals surface area contributed by atoms with Gasteiger partial charge in [0.2, 0.25) is 0 Å². The fourth-order valence-electron chi connectivity index (χ4n) is 4.41. The van der Waals surface area contributed by atoms with E-state index in [2.05, 4.69) is 25.8 Å². The predicted molar refractivity (Wildman–Crippen MR) is 127 cm³/mol. The summed E-state index contributed by atoms with van der Waals surface area (Å²) in [6.45, 7) is 2.53. The van der Waals surface area contributed by atoms with Crippen molar-refractivity contribution in [2.24, 2.45) is 0 Å². The predicted octanol–water partition coefficient (Wildman–Crippen LogP) is 4.46. The van der Waals surface area contributed by atoms with Crippen LogP contribution in [-0.2, 0) is 6.54 Å². The van der Waals surface area contributed by atoms with Crippen LogP contribution in [0.25, 0.3) is 0 Å². The summed E-state index contributed by atoms with van der Waals surface area (Å²) in [7, 11) is 0. The van der Waals surface area contributed by atoms with E-state index in [1.165, 1.54) is 38.5 Å². The molecule has 3 amide bonds. The summed E-state index contributed by atoms with van der Waals surface area (Å²) in [4.78, 5) is 31.5. The van der Waals surface area contributed by atoms with Gasteiger partial charge in [0.15, 0.2) is 0 Å². The second kappa shape index (κ2) is 11.0. The first-order valence-corrected chi connectivity index (χ1v) is 11.8. The van der Waals surface area contributed by atoms with E-state index < -0.39 is 0 Å². The molecule has 1 aliphatic heterocycles. The number of nitrogens with one attached hydrogen (secondary N) is 3. The first-order valence-electron chi connectivity index (χ1n) is 11.8. The van der Waals surface area contributed by atoms with Crippen molar-refractivity contribution in [3.63, 3.8) is 0 Å². The largest absolute Gasteiger partial charge is 0.357 e. The van der Waals surface area contributed by atoms with Crippen LogP contribution in [0.15, 0.2) is 42.6 Å². The number of hydrogen-bond donors (Lipinski definition) is 3. The molecule has 1 aromatic heterocycles. The lowest BCUT2D eigenvalue weighted by Gasteiger charge is -2.21. The van der Waals surface area contributed by atoms with Crippen LogP contribution < -0.4 is 20.9 Å². The minimum Gasteiger partial charge on any atom is -0.357 e. The van der Waals surface area contributed by atoms with Gasteiger partial charge in [-0.2, -0.15) is 0 Å². The summed E-state index contributed by atoms with van der Waals surface area (Å²) in [5, 5.41) is 8.74. The van der Waals surface area contributed by atoms with Gasteiger partial charge in [-0.25, -0.2) is 9.78 Å². The van der Waals surface area contributed by atoms with Gasteiger partial charge in [0.25, 0.3) is 5.91 Å². The van der Waals surface area contributed by atoms with Crippen LogP contribution in [0.1, 0.15) is 67.3 Å². The zero-order valence-corrected chi connectivity index (χ0v) is 18.6. The van der Waals surface area contributed by atoms with Gasteiger partial charge >= 0.3 is 6.03 Å². The van der Waals surface area contributed by atoms with Gasteiger partial charge in [-0.15, -0.1) is 0 Å². The van der Waals surface area contributed by atoms with Gasteiger partial charge in [0.05, 0.1) is 0 Å². The summed E-state index contributed by atoms with van der Waals surface area (Å²) in [6, 6.07) is 11.0. The average Bonchev–Trinajstić information content (AvgIpc) is 3.17. The topological polar surface area (TPSA) is 86.4 Å². The first kappa shape index (κ1) is 22.1. The molecule has 32 heavy (non-hydrogen) atoms. The normalized spacial score (nSPS) is 16.9. The van der Waals surface area contributed by atoms with Crippen LogP contribution in [0, 0.1) is 0 Å². The number of carbonyl (C=O) groups excluding carboxylic acids is 2. The number of carbonyl (C=O) groups is 2. The smallest absolute Gasteiger partial charge is 0.319 e. The van der Waals surface area contributed by atoms with Gasteiger partial charge in [-0.05, 0) is 61.6 Å². The number of rotatable bonds is 6. The van der Waals surface area contributed by atoms with E-state index in [0.717, 1.165) is 37.3 Å². The van der Waals surface area contributed by atoms with Gasteiger partial charge in [-0.3, -0.25) is 4.79 Å². The number of aromatic nitrogens is 1. The molecule has 0 bridgehead atoms. The monoisotopic (exact) mass is 435 g/mol. The maximum Gasteiger partial charge on any atom is 0.319 e. The molecule has 170 valence electrons. The van der Waals surface area contributed by atoms with Crippen LogP contribution in [0.2, 0.25) is 0 Å². The molecule has 2 heterocycles. The van der Waals surface area contributed by atoms with Crippen molar-refractivity contribution in [2.45, 2.75) is 64.0 Å². The van der Waals surface area contributed by atoms with Crippen molar-refractivity contribution in [3.05, 3.63) is 53.7 Å². The minimum absolute atomic E-state index is 0.0518. The van der Waals surface area contributed by atoms with Gasteiger partial charge in [0.1, 0.15) is 5.82 Å². The first-order chi connectivity index (χ1) is 15.7. The quantitative estimate of drug-likeness (QED) is 0.625. The molecule has 1 saturated carbocycles. The van der Waals surface area contributed by atoms with Crippen molar-refractivity contribution < 1.29 is 9.59 Å². The summed E-state index contributed by atoms with van der Waals surface area (Å²) in [5.41, 5.74) is 2.21. The van der Waals surface area contributed by atoms with E-state index in [0.29, 0.717) is 23.8 Å². The SMILES string of the molecule is O=C(NCc1ccc(N2CCCCCC2)nc1)Nc1ccc(C(=O)NC2CCCC2)cc1. The van der Waals surface area contributed by atoms with Crippen LogP contribution in [0.4, 0.5) is 16.3 Å². The van der Waals surface area contributed by atoms with E-state index in [-0.39, 0.29) is 11.9 Å². The number of anilines is 2. The maximum atomic E-state index is 12.3. The van der Waals surface area contributed by atoms with Crippen molar-refractivity contribution in [3.8, 4) is 0 Å². The number of pyridine rings is 1. The summed E-state index contributed by atoms with van der Waals surface area (Å²) in [6.07, 6.45) is 11.3. The third-order valence-electron chi connectivity index (χ3n) is 6.29. The Hall–Kier alpha value is -3.09. The van der Waals surface area contributed by atoms with Crippen molar-refractivity contribution >= 4 is 23.4 Å². The second-order valence-corrected chi connectivity index (χ2v) is 8.77. The van der Waals surface area contributed by atoms with Gasteiger partial charge in [-0.1, -0.05) is 31.7 Å². The van der Waals surface area contributed by atoms with Crippen molar-refractivity contribution in [1.29, 1.82) is 0 Å². The van der Waals surface area contributed by atoms with E-state index in [4.69, 9.17) is 0 Å². The Labute approximate surface area is 190 Å². The lowest BCUT2D eigenvalue weighted by molar-refractivity contribution is 0.0938. The van der Waals surface area contributed by atoms with E-state index >= 15 is 0 Å². The van der Waals surface area contributed by atoms with E-state index in [9.17, 15) is 9.59 Å². The highest BCUT2D eigenvalue weighted by atomic mass is 16.2. The Morgan fingerprint density at radius 3 is 2.28 bits per heavy atom. The Morgan fingerprint density at radius 1 is 0.906 bits per heavy atom. The van der Waals surface area contributed by atoms with Crippen molar-refractivity contribution in [2.75, 3.05) is 23.3 Å². The number of urea groups is 1. The standard InChI is InChI=1S/C25H33N5O2/c31-24(28-21-7-3-4-8-21)20-10-12-22(13-11-20)29-25(32)27-18-19-9-14-23(26-17-19)30-15-5-1-2-6-16-30/h9-14,17,21H,1-8,15-16,18H2,(H,28,31)(H2,27,29,32). The zero-order chi connectivity index (χ0) is 22.2. The number of nitrogens with zero attached hydrogens (tertiary/aromatic N) is 2. The number of benzene rings is 1. The minimum atomic E-state index is -0.287. The Balaban J connectivity index is 1.22. The lowest BCUT2D eigenvalue weighted by Crippen LogP contribution is -2.32. The lowest BCUT2D eigenvalue weighted by atomic mass is 10.1. The summed E-state index contributed by atoms with van der Waals surface area (Å²) < 4.78 is 0. The maximum absolute atomic E-state index is 12.3. The third-order valence-corrected chi connectivity index (χ3v) is 6.29. The molecule has 1 saturated heterocycles. The molecular weight excluding hydrogens is 402 g/mol. The van der Waals surface area contributed by atoms with Crippen LogP contribution >= 0.6 is 0 Å². The fraction of sp³-hybridized carbons (Fsp3) is 0.480. The number of hydrogen-bond acceptors (Lipinski definition) is 4. The molecular formula is C25H33N5O2. The Bertz CT molecular complexity index is 884. The van der Waals surface area contributed by atoms with E-state index in [1.54, 1.807) is 24.3 Å². The average molecular weight is 436 g/mol. The molecule has 4 rings (SSSR count).